The second kappa shape index (κ2) is 14.7. The fraction of sp³-hybridized carbons (Fsp3) is 0.258. The van der Waals surface area contributed by atoms with Crippen molar-refractivity contribution >= 4 is 27.9 Å². The first kappa shape index (κ1) is 34.4. The molecule has 0 saturated heterocycles. The van der Waals surface area contributed by atoms with E-state index in [0.717, 1.165) is 35.4 Å². The summed E-state index contributed by atoms with van der Waals surface area (Å²) in [6, 6.07) is 5.67. The number of allylic oxidation sites excluding steroid dienone is 4. The Labute approximate surface area is 268 Å². The molecule has 46 heavy (non-hydrogen) atoms. The number of rotatable bonds is 10. The summed E-state index contributed by atoms with van der Waals surface area (Å²) in [4.78, 5) is 28.6. The van der Waals surface area contributed by atoms with E-state index in [4.69, 9.17) is 24.4 Å². The molecule has 2 aromatic carbocycles. The number of alkyl halides is 3. The molecule has 2 unspecified atom stereocenters. The molecule has 0 bridgehead atoms. The third-order valence-electron chi connectivity index (χ3n) is 6.80. The number of benzene rings is 2. The number of nitrogens with zero attached hydrogens (tertiary/aromatic N) is 1. The molecule has 1 aliphatic carbocycles. The third kappa shape index (κ3) is 8.40. The molecule has 3 aromatic rings. The maximum atomic E-state index is 15.1. The first-order valence-corrected chi connectivity index (χ1v) is 14.3. The Balaban J connectivity index is 1.56. The van der Waals surface area contributed by atoms with Gasteiger partial charge in [-0.05, 0) is 58.3 Å². The number of carbonyl (C=O) groups excluding carboxylic acids is 2. The second-order valence-corrected chi connectivity index (χ2v) is 10.7. The van der Waals surface area contributed by atoms with Gasteiger partial charge in [0.15, 0.2) is 16.2 Å². The molecule has 0 aliphatic heterocycles. The van der Waals surface area contributed by atoms with Crippen LogP contribution in [-0.2, 0) is 15.7 Å². The van der Waals surface area contributed by atoms with Crippen LogP contribution in [-0.4, -0.2) is 43.3 Å². The molecule has 1 heterocycles. The molecule has 15 heteroatoms. The lowest BCUT2D eigenvalue weighted by Gasteiger charge is -2.20. The normalized spacial score (nSPS) is 15.7. The summed E-state index contributed by atoms with van der Waals surface area (Å²) >= 11 is 3.16. The molecular weight excluding hydrogens is 685 g/mol. The molecule has 3 N–H and O–H groups in total. The smallest absolute Gasteiger partial charge is 0.416 e. The van der Waals surface area contributed by atoms with Gasteiger partial charge in [-0.15, -0.1) is 0 Å². The van der Waals surface area contributed by atoms with Crippen molar-refractivity contribution < 1.29 is 50.2 Å². The number of nitrogens with two attached hydrogens (primary N) is 1. The Kier molecular flexibility index (Phi) is 11.0. The van der Waals surface area contributed by atoms with Gasteiger partial charge in [0.2, 0.25) is 12.0 Å². The van der Waals surface area contributed by atoms with E-state index >= 15 is 4.39 Å². The standard InChI is InChI=1S/C31H27BrF5N3O6/c1-16-5-3-4-6-17(13-22(16)43-2)14-39-30(42)44-15-23(45-21-12-11-20(33)24(25(21)34)28(38)41)29-40-26(27(32)46-29)18-7-9-19(10-8-18)31(35,36)37/h3-12,22-23H,13-15H2,1-2H3,(H2,38,41)(H,39,42). The van der Waals surface area contributed by atoms with Crippen molar-refractivity contribution in [1.82, 2.24) is 10.3 Å². The van der Waals surface area contributed by atoms with Gasteiger partial charge in [0, 0.05) is 25.6 Å². The predicted octanol–water partition coefficient (Wildman–Crippen LogP) is 7.19. The van der Waals surface area contributed by atoms with Crippen molar-refractivity contribution in [2.24, 2.45) is 5.73 Å². The van der Waals surface area contributed by atoms with Crippen molar-refractivity contribution in [3.63, 3.8) is 0 Å². The molecular formula is C31H27BrF5N3O6. The molecule has 4 rings (SSSR count). The van der Waals surface area contributed by atoms with Crippen LogP contribution in [0.25, 0.3) is 11.3 Å². The van der Waals surface area contributed by atoms with Gasteiger partial charge in [0.1, 0.15) is 23.7 Å². The van der Waals surface area contributed by atoms with Crippen LogP contribution in [0.3, 0.4) is 0 Å². The van der Waals surface area contributed by atoms with Gasteiger partial charge < -0.3 is 29.7 Å². The number of carbonyl (C=O) groups is 2. The van der Waals surface area contributed by atoms with Crippen molar-refractivity contribution in [3.8, 4) is 17.0 Å². The number of alkyl carbamates (subject to hydrolysis) is 1. The highest BCUT2D eigenvalue weighted by atomic mass is 79.9. The minimum Gasteiger partial charge on any atom is -0.474 e. The average molecular weight is 712 g/mol. The van der Waals surface area contributed by atoms with Crippen molar-refractivity contribution in [2.75, 3.05) is 20.3 Å². The van der Waals surface area contributed by atoms with Crippen LogP contribution >= 0.6 is 15.9 Å². The highest BCUT2D eigenvalue weighted by Crippen LogP contribution is 2.36. The number of methoxy groups -OCH3 is 1. The van der Waals surface area contributed by atoms with Crippen LogP contribution in [0.2, 0.25) is 0 Å². The van der Waals surface area contributed by atoms with Gasteiger partial charge in [0.25, 0.3) is 5.91 Å². The Morgan fingerprint density at radius 1 is 1.13 bits per heavy atom. The van der Waals surface area contributed by atoms with Gasteiger partial charge in [-0.1, -0.05) is 36.4 Å². The largest absolute Gasteiger partial charge is 0.474 e. The van der Waals surface area contributed by atoms with Crippen molar-refractivity contribution in [2.45, 2.75) is 31.7 Å². The zero-order valence-electron chi connectivity index (χ0n) is 24.3. The van der Waals surface area contributed by atoms with E-state index < -0.39 is 59.4 Å². The molecule has 0 spiro atoms. The van der Waals surface area contributed by atoms with Crippen LogP contribution < -0.4 is 15.8 Å². The number of primary amides is 1. The topological polar surface area (TPSA) is 126 Å². The number of oxazole rings is 1. The van der Waals surface area contributed by atoms with E-state index in [-0.39, 0.29) is 34.5 Å². The van der Waals surface area contributed by atoms with Crippen molar-refractivity contribution in [3.05, 3.63) is 105 Å². The Morgan fingerprint density at radius 3 is 2.48 bits per heavy atom. The Bertz CT molecular complexity index is 1680. The van der Waals surface area contributed by atoms with Crippen LogP contribution in [0, 0.1) is 11.6 Å². The van der Waals surface area contributed by atoms with Gasteiger partial charge in [0.05, 0.1) is 11.7 Å². The number of nitrogens with one attached hydrogen (secondary N) is 1. The highest BCUT2D eigenvalue weighted by molar-refractivity contribution is 9.10. The molecule has 244 valence electrons. The number of hydrogen-bond donors (Lipinski definition) is 2. The summed E-state index contributed by atoms with van der Waals surface area (Å²) in [6.45, 7) is 1.39. The lowest BCUT2D eigenvalue weighted by atomic mass is 9.99. The monoisotopic (exact) mass is 711 g/mol. The molecule has 2 amide bonds. The molecule has 0 radical (unpaired) electrons. The third-order valence-corrected chi connectivity index (χ3v) is 7.34. The quantitative estimate of drug-likeness (QED) is 0.213. The zero-order valence-corrected chi connectivity index (χ0v) is 25.9. The highest BCUT2D eigenvalue weighted by Gasteiger charge is 2.31. The lowest BCUT2D eigenvalue weighted by molar-refractivity contribution is -0.137. The maximum Gasteiger partial charge on any atom is 0.416 e. The number of halogens is 6. The van der Waals surface area contributed by atoms with Crippen LogP contribution in [0.15, 0.2) is 80.9 Å². The minimum absolute atomic E-state index is 0.0287. The lowest BCUT2D eigenvalue weighted by Crippen LogP contribution is -2.30. The SMILES string of the molecule is COC1CC(CNC(=O)OCC(Oc2ccc(F)c(C(N)=O)c2F)c2nc(-c3ccc(C(F)(F)F)cc3)c(Br)o2)=CC=CC=C1C. The summed E-state index contributed by atoms with van der Waals surface area (Å²) in [6.07, 6.45) is 0.747. The number of aromatic nitrogens is 1. The van der Waals surface area contributed by atoms with Gasteiger partial charge in [-0.2, -0.15) is 13.2 Å². The van der Waals surface area contributed by atoms with E-state index in [9.17, 15) is 27.2 Å². The Hall–Kier alpha value is -4.50. The number of ether oxygens (including phenoxy) is 3. The summed E-state index contributed by atoms with van der Waals surface area (Å²) < 4.78 is 90.3. The van der Waals surface area contributed by atoms with Gasteiger partial charge in [-0.3, -0.25) is 4.79 Å². The summed E-state index contributed by atoms with van der Waals surface area (Å²) in [5.41, 5.74) is 5.26. The van der Waals surface area contributed by atoms with E-state index in [0.29, 0.717) is 6.42 Å². The number of hydrogen-bond acceptors (Lipinski definition) is 7. The first-order valence-electron chi connectivity index (χ1n) is 13.5. The fourth-order valence-electron chi connectivity index (χ4n) is 4.37. The minimum atomic E-state index is -4.56. The zero-order chi connectivity index (χ0) is 33.6. The van der Waals surface area contributed by atoms with Crippen molar-refractivity contribution in [1.29, 1.82) is 0 Å². The van der Waals surface area contributed by atoms with E-state index in [1.807, 2.05) is 31.2 Å². The first-order chi connectivity index (χ1) is 21.8. The van der Waals surface area contributed by atoms with Gasteiger partial charge in [-0.25, -0.2) is 18.6 Å². The van der Waals surface area contributed by atoms with Crippen LogP contribution in [0.1, 0.15) is 41.3 Å². The van der Waals surface area contributed by atoms with Gasteiger partial charge >= 0.3 is 12.3 Å². The summed E-state index contributed by atoms with van der Waals surface area (Å²) in [7, 11) is 1.58. The fourth-order valence-corrected chi connectivity index (χ4v) is 4.85. The maximum absolute atomic E-state index is 15.1. The molecule has 2 atom stereocenters. The molecule has 0 fully saturated rings. The van der Waals surface area contributed by atoms with Crippen LogP contribution in [0.4, 0.5) is 26.7 Å². The van der Waals surface area contributed by atoms with Crippen LogP contribution in [0.5, 0.6) is 5.75 Å². The predicted molar refractivity (Wildman–Crippen MR) is 159 cm³/mol. The summed E-state index contributed by atoms with van der Waals surface area (Å²) in [5.74, 6) is -4.98. The van der Waals surface area contributed by atoms with E-state index in [1.165, 1.54) is 12.1 Å². The summed E-state index contributed by atoms with van der Waals surface area (Å²) in [5, 5.41) is 2.60. The molecule has 9 nitrogen and oxygen atoms in total. The molecule has 1 aromatic heterocycles. The Morgan fingerprint density at radius 2 is 1.83 bits per heavy atom. The molecule has 0 saturated carbocycles. The van der Waals surface area contributed by atoms with E-state index in [1.54, 1.807) is 7.11 Å². The average Bonchev–Trinajstić information content (AvgIpc) is 3.38. The number of amides is 2. The molecule has 1 aliphatic rings. The van der Waals surface area contributed by atoms with E-state index in [2.05, 4.69) is 26.2 Å². The second-order valence-electron chi connectivity index (χ2n) is 9.96.